The van der Waals surface area contributed by atoms with Gasteiger partial charge in [-0.2, -0.15) is 0 Å². The molecule has 1 saturated heterocycles. The zero-order chi connectivity index (χ0) is 9.97. The molecule has 0 aliphatic carbocycles. The Morgan fingerprint density at radius 3 is 3.07 bits per heavy atom. The van der Waals surface area contributed by atoms with Gasteiger partial charge in [-0.1, -0.05) is 0 Å². The fourth-order valence-electron chi connectivity index (χ4n) is 1.35. The van der Waals surface area contributed by atoms with Gasteiger partial charge >= 0.3 is 0 Å². The van der Waals surface area contributed by atoms with Crippen LogP contribution in [0, 0.1) is 0 Å². The van der Waals surface area contributed by atoms with Crippen molar-refractivity contribution in [2.45, 2.75) is 6.42 Å². The summed E-state index contributed by atoms with van der Waals surface area (Å²) in [4.78, 5) is 14.4. The lowest BCUT2D eigenvalue weighted by Crippen LogP contribution is -2.37. The Bertz CT molecular complexity index is 333. The van der Waals surface area contributed by atoms with Crippen molar-refractivity contribution in [1.29, 1.82) is 0 Å². The third-order valence-electron chi connectivity index (χ3n) is 2.06. The van der Waals surface area contributed by atoms with E-state index in [1.165, 1.54) is 11.3 Å². The highest BCUT2D eigenvalue weighted by Gasteiger charge is 2.21. The molecule has 1 aromatic rings. The minimum absolute atomic E-state index is 0.0616. The van der Waals surface area contributed by atoms with Crippen molar-refractivity contribution >= 4 is 33.2 Å². The summed E-state index contributed by atoms with van der Waals surface area (Å²) in [6.45, 7) is 1.97. The monoisotopic (exact) mass is 275 g/mol. The number of carbonyl (C=O) groups is 1. The predicted octanol–water partition coefficient (Wildman–Crippen LogP) is 2.33. The fraction of sp³-hybridized carbons (Fsp3) is 0.444. The van der Waals surface area contributed by atoms with Crippen molar-refractivity contribution in [2.75, 3.05) is 19.9 Å². The van der Waals surface area contributed by atoms with Gasteiger partial charge in [-0.3, -0.25) is 4.79 Å². The molecule has 14 heavy (non-hydrogen) atoms. The number of thiophene rings is 1. The van der Waals surface area contributed by atoms with E-state index in [1.807, 2.05) is 11.4 Å². The van der Waals surface area contributed by atoms with Gasteiger partial charge in [-0.15, -0.1) is 11.3 Å². The second kappa shape index (κ2) is 4.42. The van der Waals surface area contributed by atoms with Crippen LogP contribution in [-0.2, 0) is 4.74 Å². The second-order valence-electron chi connectivity index (χ2n) is 3.06. The summed E-state index contributed by atoms with van der Waals surface area (Å²) in [6, 6.07) is 1.89. The van der Waals surface area contributed by atoms with Crippen LogP contribution in [-0.4, -0.2) is 30.7 Å². The van der Waals surface area contributed by atoms with Crippen molar-refractivity contribution in [1.82, 2.24) is 4.90 Å². The van der Waals surface area contributed by atoms with Crippen molar-refractivity contribution in [3.8, 4) is 0 Å². The van der Waals surface area contributed by atoms with Crippen LogP contribution in [0.5, 0.6) is 0 Å². The first-order chi connectivity index (χ1) is 6.79. The van der Waals surface area contributed by atoms with Crippen LogP contribution in [0.25, 0.3) is 0 Å². The molecule has 0 N–H and O–H groups in total. The topological polar surface area (TPSA) is 29.5 Å². The Kier molecular flexibility index (Phi) is 3.20. The molecule has 1 aliphatic heterocycles. The quantitative estimate of drug-likeness (QED) is 0.788. The van der Waals surface area contributed by atoms with E-state index in [2.05, 4.69) is 15.9 Å². The van der Waals surface area contributed by atoms with Crippen LogP contribution in [0.4, 0.5) is 0 Å². The number of ether oxygens (including phenoxy) is 1. The molecule has 2 heterocycles. The Hall–Kier alpha value is -0.390. The Balaban J connectivity index is 2.11. The maximum atomic E-state index is 11.9. The number of rotatable bonds is 1. The van der Waals surface area contributed by atoms with Crippen LogP contribution in [0.3, 0.4) is 0 Å². The summed E-state index contributed by atoms with van der Waals surface area (Å²) in [5, 5.41) is 1.90. The molecule has 0 atom stereocenters. The first-order valence-electron chi connectivity index (χ1n) is 4.39. The molecule has 0 unspecified atom stereocenters. The normalized spacial score (nSPS) is 17.1. The molecule has 1 fully saturated rings. The maximum Gasteiger partial charge on any atom is 0.266 e. The van der Waals surface area contributed by atoms with Gasteiger partial charge in [0.2, 0.25) is 0 Å². The number of amides is 1. The van der Waals surface area contributed by atoms with Crippen molar-refractivity contribution < 1.29 is 9.53 Å². The average molecular weight is 276 g/mol. The summed E-state index contributed by atoms with van der Waals surface area (Å²) < 4.78 is 6.11. The van der Waals surface area contributed by atoms with E-state index in [0.717, 1.165) is 28.9 Å². The Morgan fingerprint density at radius 2 is 2.50 bits per heavy atom. The maximum absolute atomic E-state index is 11.9. The summed E-state index contributed by atoms with van der Waals surface area (Å²) in [5.41, 5.74) is 0. The lowest BCUT2D eigenvalue weighted by Gasteiger charge is -2.26. The lowest BCUT2D eigenvalue weighted by molar-refractivity contribution is -0.00548. The zero-order valence-corrected chi connectivity index (χ0v) is 9.94. The summed E-state index contributed by atoms with van der Waals surface area (Å²) in [7, 11) is 0. The van der Waals surface area contributed by atoms with Crippen LogP contribution in [0.2, 0.25) is 0 Å². The van der Waals surface area contributed by atoms with E-state index in [1.54, 1.807) is 4.90 Å². The highest BCUT2D eigenvalue weighted by atomic mass is 79.9. The molecule has 1 aliphatic rings. The van der Waals surface area contributed by atoms with E-state index in [4.69, 9.17) is 4.74 Å². The summed E-state index contributed by atoms with van der Waals surface area (Å²) in [5.74, 6) is 0.0616. The number of hydrogen-bond acceptors (Lipinski definition) is 3. The van der Waals surface area contributed by atoms with Gasteiger partial charge in [0.1, 0.15) is 11.6 Å². The van der Waals surface area contributed by atoms with Crippen LogP contribution in [0.1, 0.15) is 16.1 Å². The largest absolute Gasteiger partial charge is 0.361 e. The van der Waals surface area contributed by atoms with Crippen LogP contribution in [0.15, 0.2) is 15.9 Å². The van der Waals surface area contributed by atoms with E-state index in [-0.39, 0.29) is 5.91 Å². The molecule has 0 spiro atoms. The molecule has 1 amide bonds. The van der Waals surface area contributed by atoms with Gasteiger partial charge in [0.25, 0.3) is 5.91 Å². The molecular formula is C9H10BrNO2S. The highest BCUT2D eigenvalue weighted by molar-refractivity contribution is 9.10. The van der Waals surface area contributed by atoms with Gasteiger partial charge in [0, 0.05) is 11.0 Å². The van der Waals surface area contributed by atoms with Gasteiger partial charge in [-0.25, -0.2) is 0 Å². The van der Waals surface area contributed by atoms with Gasteiger partial charge in [0.05, 0.1) is 6.61 Å². The highest BCUT2D eigenvalue weighted by Crippen LogP contribution is 2.24. The van der Waals surface area contributed by atoms with Crippen molar-refractivity contribution in [3.63, 3.8) is 0 Å². The first-order valence-corrected chi connectivity index (χ1v) is 6.06. The molecule has 0 saturated carbocycles. The summed E-state index contributed by atoms with van der Waals surface area (Å²) >= 11 is 4.81. The number of carbonyl (C=O) groups excluding carboxylic acids is 1. The molecule has 0 radical (unpaired) electrons. The zero-order valence-electron chi connectivity index (χ0n) is 7.53. The van der Waals surface area contributed by atoms with E-state index >= 15 is 0 Å². The Labute approximate surface area is 94.8 Å². The minimum atomic E-state index is 0.0616. The fourth-order valence-corrected chi connectivity index (χ4v) is 2.85. The lowest BCUT2D eigenvalue weighted by atomic mass is 10.3. The summed E-state index contributed by atoms with van der Waals surface area (Å²) in [6.07, 6.45) is 0.925. The first kappa shape index (κ1) is 10.1. The Morgan fingerprint density at radius 1 is 1.64 bits per heavy atom. The minimum Gasteiger partial charge on any atom is -0.361 e. The van der Waals surface area contributed by atoms with Gasteiger partial charge in [0.15, 0.2) is 0 Å². The predicted molar refractivity (Wildman–Crippen MR) is 58.5 cm³/mol. The van der Waals surface area contributed by atoms with E-state index in [9.17, 15) is 4.79 Å². The molecule has 3 nitrogen and oxygen atoms in total. The van der Waals surface area contributed by atoms with Gasteiger partial charge in [-0.05, 0) is 33.8 Å². The molecule has 1 aromatic heterocycles. The number of halogens is 1. The molecule has 76 valence electrons. The third-order valence-corrected chi connectivity index (χ3v) is 3.89. The third kappa shape index (κ3) is 1.99. The van der Waals surface area contributed by atoms with E-state index in [0.29, 0.717) is 6.73 Å². The van der Waals surface area contributed by atoms with E-state index < -0.39 is 0 Å². The molecular weight excluding hydrogens is 266 g/mol. The molecule has 5 heteroatoms. The smallest absolute Gasteiger partial charge is 0.266 e. The molecule has 2 rings (SSSR count). The number of nitrogens with zero attached hydrogens (tertiary/aromatic N) is 1. The standard InChI is InChI=1S/C9H10BrNO2S/c10-7-2-5-14-8(7)9(12)11-3-1-4-13-6-11/h2,5H,1,3-4,6H2. The van der Waals surface area contributed by atoms with Gasteiger partial charge < -0.3 is 9.64 Å². The average Bonchev–Trinajstić information content (AvgIpc) is 2.65. The van der Waals surface area contributed by atoms with Crippen molar-refractivity contribution in [2.24, 2.45) is 0 Å². The molecule has 0 bridgehead atoms. The SMILES string of the molecule is O=C(c1sccc1Br)N1CCCOC1. The number of hydrogen-bond donors (Lipinski definition) is 0. The van der Waals surface area contributed by atoms with Crippen LogP contribution >= 0.6 is 27.3 Å². The van der Waals surface area contributed by atoms with Crippen LogP contribution < -0.4 is 0 Å². The van der Waals surface area contributed by atoms with Crippen molar-refractivity contribution in [3.05, 3.63) is 20.8 Å². The molecule has 0 aromatic carbocycles. The second-order valence-corrected chi connectivity index (χ2v) is 4.83.